The van der Waals surface area contributed by atoms with Crippen LogP contribution in [-0.4, -0.2) is 36.4 Å². The number of aryl methyl sites for hydroxylation is 1. The van der Waals surface area contributed by atoms with Crippen LogP contribution in [-0.2, 0) is 0 Å². The minimum atomic E-state index is -0.288. The molecule has 5 heteroatoms. The normalized spacial score (nSPS) is 19.6. The SMILES string of the molecule is Cc1cc(N2CCCCC2C)ccc1NC(=O)N[C@@H](C)CO. The lowest BCUT2D eigenvalue weighted by atomic mass is 10.0. The highest BCUT2D eigenvalue weighted by Crippen LogP contribution is 2.28. The Morgan fingerprint density at radius 1 is 1.45 bits per heavy atom. The molecule has 0 aliphatic carbocycles. The molecule has 22 heavy (non-hydrogen) atoms. The zero-order valence-electron chi connectivity index (χ0n) is 13.7. The third-order valence-corrected chi connectivity index (χ3v) is 4.24. The van der Waals surface area contributed by atoms with E-state index < -0.39 is 0 Å². The van der Waals surface area contributed by atoms with Gasteiger partial charge in [-0.1, -0.05) is 0 Å². The van der Waals surface area contributed by atoms with Crippen molar-refractivity contribution in [1.29, 1.82) is 0 Å². The number of aliphatic hydroxyl groups excluding tert-OH is 1. The molecule has 1 saturated heterocycles. The molecule has 5 nitrogen and oxygen atoms in total. The van der Waals surface area contributed by atoms with Gasteiger partial charge in [-0.05, 0) is 63.8 Å². The molecule has 2 amide bonds. The molecule has 0 saturated carbocycles. The zero-order valence-corrected chi connectivity index (χ0v) is 13.7. The molecule has 0 radical (unpaired) electrons. The molecule has 1 aliphatic heterocycles. The van der Waals surface area contributed by atoms with Crippen LogP contribution in [0.5, 0.6) is 0 Å². The van der Waals surface area contributed by atoms with Gasteiger partial charge in [0.15, 0.2) is 0 Å². The lowest BCUT2D eigenvalue weighted by Gasteiger charge is -2.35. The average molecular weight is 305 g/mol. The maximum Gasteiger partial charge on any atom is 0.319 e. The molecule has 3 N–H and O–H groups in total. The van der Waals surface area contributed by atoms with Crippen LogP contribution in [0.1, 0.15) is 38.7 Å². The summed E-state index contributed by atoms with van der Waals surface area (Å²) in [5.74, 6) is 0. The van der Waals surface area contributed by atoms with Crippen LogP contribution < -0.4 is 15.5 Å². The van der Waals surface area contributed by atoms with Crippen molar-refractivity contribution in [2.75, 3.05) is 23.4 Å². The van der Waals surface area contributed by atoms with Gasteiger partial charge >= 0.3 is 6.03 Å². The van der Waals surface area contributed by atoms with E-state index >= 15 is 0 Å². The smallest absolute Gasteiger partial charge is 0.319 e. The Balaban J connectivity index is 2.04. The molecule has 0 bridgehead atoms. The van der Waals surface area contributed by atoms with Crippen molar-refractivity contribution < 1.29 is 9.90 Å². The largest absolute Gasteiger partial charge is 0.394 e. The van der Waals surface area contributed by atoms with Crippen LogP contribution in [0, 0.1) is 6.92 Å². The van der Waals surface area contributed by atoms with Crippen LogP contribution in [0.2, 0.25) is 0 Å². The predicted molar refractivity (Wildman–Crippen MR) is 90.5 cm³/mol. The number of anilines is 2. The first-order valence-corrected chi connectivity index (χ1v) is 8.07. The van der Waals surface area contributed by atoms with Gasteiger partial charge in [0.05, 0.1) is 12.6 Å². The van der Waals surface area contributed by atoms with E-state index in [1.54, 1.807) is 6.92 Å². The number of hydrogen-bond donors (Lipinski definition) is 3. The van der Waals surface area contributed by atoms with Gasteiger partial charge in [0, 0.05) is 24.0 Å². The topological polar surface area (TPSA) is 64.6 Å². The maximum absolute atomic E-state index is 11.8. The number of hydrogen-bond acceptors (Lipinski definition) is 3. The molecule has 1 aromatic rings. The summed E-state index contributed by atoms with van der Waals surface area (Å²) in [4.78, 5) is 14.3. The summed E-state index contributed by atoms with van der Waals surface area (Å²) < 4.78 is 0. The Bertz CT molecular complexity index is 519. The number of urea groups is 1. The molecule has 2 rings (SSSR count). The average Bonchev–Trinajstić information content (AvgIpc) is 2.49. The van der Waals surface area contributed by atoms with Gasteiger partial charge < -0.3 is 20.6 Å². The molecule has 122 valence electrons. The molecular weight excluding hydrogens is 278 g/mol. The molecule has 0 aromatic heterocycles. The molecule has 0 spiro atoms. The lowest BCUT2D eigenvalue weighted by Crippen LogP contribution is -2.38. The van der Waals surface area contributed by atoms with E-state index in [0.717, 1.165) is 17.8 Å². The maximum atomic E-state index is 11.8. The minimum Gasteiger partial charge on any atom is -0.394 e. The molecular formula is C17H27N3O2. The highest BCUT2D eigenvalue weighted by molar-refractivity contribution is 5.90. The second-order valence-electron chi connectivity index (χ2n) is 6.22. The number of benzene rings is 1. The third kappa shape index (κ3) is 4.13. The van der Waals surface area contributed by atoms with Crippen molar-refractivity contribution in [2.45, 2.75) is 52.1 Å². The predicted octanol–water partition coefficient (Wildman–Crippen LogP) is 2.88. The third-order valence-electron chi connectivity index (χ3n) is 4.24. The highest BCUT2D eigenvalue weighted by atomic mass is 16.3. The Morgan fingerprint density at radius 2 is 2.23 bits per heavy atom. The fourth-order valence-corrected chi connectivity index (χ4v) is 2.88. The number of carbonyl (C=O) groups is 1. The number of nitrogens with zero attached hydrogens (tertiary/aromatic N) is 1. The van der Waals surface area contributed by atoms with Crippen LogP contribution in [0.15, 0.2) is 18.2 Å². The summed E-state index contributed by atoms with van der Waals surface area (Å²) in [7, 11) is 0. The second kappa shape index (κ2) is 7.49. The van der Waals surface area contributed by atoms with Crippen LogP contribution >= 0.6 is 0 Å². The van der Waals surface area contributed by atoms with Gasteiger partial charge in [-0.15, -0.1) is 0 Å². The van der Waals surface area contributed by atoms with Crippen molar-refractivity contribution >= 4 is 17.4 Å². The molecule has 1 heterocycles. The monoisotopic (exact) mass is 305 g/mol. The van der Waals surface area contributed by atoms with Gasteiger partial charge in [-0.3, -0.25) is 0 Å². The van der Waals surface area contributed by atoms with Gasteiger partial charge in [0.1, 0.15) is 0 Å². The van der Waals surface area contributed by atoms with E-state index in [9.17, 15) is 4.79 Å². The first-order valence-electron chi connectivity index (χ1n) is 8.07. The number of carbonyl (C=O) groups excluding carboxylic acids is 1. The van der Waals surface area contributed by atoms with Gasteiger partial charge in [-0.2, -0.15) is 0 Å². The van der Waals surface area contributed by atoms with Crippen LogP contribution in [0.4, 0.5) is 16.2 Å². The summed E-state index contributed by atoms with van der Waals surface area (Å²) in [6.45, 7) is 7.06. The van der Waals surface area contributed by atoms with Gasteiger partial charge in [0.2, 0.25) is 0 Å². The van der Waals surface area contributed by atoms with Crippen molar-refractivity contribution in [2.24, 2.45) is 0 Å². The van der Waals surface area contributed by atoms with Crippen LogP contribution in [0.3, 0.4) is 0 Å². The number of aliphatic hydroxyl groups is 1. The molecule has 1 fully saturated rings. The lowest BCUT2D eigenvalue weighted by molar-refractivity contribution is 0.229. The summed E-state index contributed by atoms with van der Waals surface area (Å²) in [6, 6.07) is 6.18. The van der Waals surface area contributed by atoms with Gasteiger partial charge in [0.25, 0.3) is 0 Å². The quantitative estimate of drug-likeness (QED) is 0.801. The molecule has 1 aromatic carbocycles. The van der Waals surface area contributed by atoms with Crippen molar-refractivity contribution in [1.82, 2.24) is 5.32 Å². The number of nitrogens with one attached hydrogen (secondary N) is 2. The summed E-state index contributed by atoms with van der Waals surface area (Å²) in [5, 5.41) is 14.5. The summed E-state index contributed by atoms with van der Waals surface area (Å²) >= 11 is 0. The van der Waals surface area contributed by atoms with E-state index in [-0.39, 0.29) is 18.7 Å². The van der Waals surface area contributed by atoms with E-state index in [4.69, 9.17) is 5.11 Å². The second-order valence-corrected chi connectivity index (χ2v) is 6.22. The van der Waals surface area contributed by atoms with Crippen LogP contribution in [0.25, 0.3) is 0 Å². The standard InChI is InChI=1S/C17H27N3O2/c1-12-10-15(20-9-5-4-6-14(20)3)7-8-16(12)19-17(22)18-13(2)11-21/h7-8,10,13-14,21H,4-6,9,11H2,1-3H3,(H2,18,19,22)/t13-,14?/m0/s1. The van der Waals surface area contributed by atoms with Gasteiger partial charge in [-0.25, -0.2) is 4.79 Å². The molecule has 1 aliphatic rings. The Morgan fingerprint density at radius 3 is 2.86 bits per heavy atom. The fourth-order valence-electron chi connectivity index (χ4n) is 2.88. The number of amides is 2. The highest BCUT2D eigenvalue weighted by Gasteiger charge is 2.19. The Hall–Kier alpha value is -1.75. The Kier molecular flexibility index (Phi) is 5.66. The number of rotatable bonds is 4. The summed E-state index contributed by atoms with van der Waals surface area (Å²) in [5.41, 5.74) is 3.07. The van der Waals surface area contributed by atoms with Crippen molar-refractivity contribution in [3.8, 4) is 0 Å². The van der Waals surface area contributed by atoms with Crippen molar-refractivity contribution in [3.63, 3.8) is 0 Å². The number of piperidine rings is 1. The molecule has 1 unspecified atom stereocenters. The zero-order chi connectivity index (χ0) is 16.1. The van der Waals surface area contributed by atoms with E-state index in [1.165, 1.54) is 24.9 Å². The first kappa shape index (κ1) is 16.6. The Labute approximate surface area is 132 Å². The van der Waals surface area contributed by atoms with E-state index in [2.05, 4.69) is 34.6 Å². The van der Waals surface area contributed by atoms with E-state index in [0.29, 0.717) is 6.04 Å². The van der Waals surface area contributed by atoms with E-state index in [1.807, 2.05) is 13.0 Å². The minimum absolute atomic E-state index is 0.0712. The van der Waals surface area contributed by atoms with Crippen molar-refractivity contribution in [3.05, 3.63) is 23.8 Å². The fraction of sp³-hybridized carbons (Fsp3) is 0.588. The first-order chi connectivity index (χ1) is 10.5. The molecule has 2 atom stereocenters. The summed E-state index contributed by atoms with van der Waals surface area (Å²) in [6.07, 6.45) is 3.78.